The molecule has 162 valence electrons. The number of ketones is 1. The number of para-hydroxylation sites is 1. The van der Waals surface area contributed by atoms with Gasteiger partial charge in [0.25, 0.3) is 0 Å². The van der Waals surface area contributed by atoms with Crippen molar-refractivity contribution in [3.8, 4) is 5.75 Å². The minimum atomic E-state index is -0.402. The van der Waals surface area contributed by atoms with Gasteiger partial charge in [-0.1, -0.05) is 78.4 Å². The number of allylic oxidation sites excluding steroid dienone is 1. The molecule has 32 heavy (non-hydrogen) atoms. The Morgan fingerprint density at radius 1 is 0.969 bits per heavy atom. The van der Waals surface area contributed by atoms with Crippen molar-refractivity contribution in [1.29, 1.82) is 0 Å². The van der Waals surface area contributed by atoms with Crippen molar-refractivity contribution in [3.05, 3.63) is 112 Å². The molecule has 3 aromatic carbocycles. The van der Waals surface area contributed by atoms with Gasteiger partial charge in [-0.3, -0.25) is 4.79 Å². The van der Waals surface area contributed by atoms with E-state index < -0.39 is 6.04 Å². The van der Waals surface area contributed by atoms with Gasteiger partial charge in [0.1, 0.15) is 12.4 Å². The maximum atomic E-state index is 13.6. The van der Waals surface area contributed by atoms with E-state index in [1.54, 1.807) is 0 Å². The zero-order valence-electron chi connectivity index (χ0n) is 18.5. The quantitative estimate of drug-likeness (QED) is 0.398. The fourth-order valence-corrected chi connectivity index (χ4v) is 4.06. The monoisotopic (exact) mass is 442 g/mol. The highest BCUT2D eigenvalue weighted by atomic mass is 32.1. The molecule has 1 unspecified atom stereocenters. The van der Waals surface area contributed by atoms with E-state index in [1.165, 1.54) is 5.56 Å². The number of carbonyl (C=O) groups excluding carboxylic acids is 1. The first kappa shape index (κ1) is 21.8. The predicted octanol–water partition coefficient (Wildman–Crippen LogP) is 5.59. The smallest absolute Gasteiger partial charge is 0.193 e. The van der Waals surface area contributed by atoms with E-state index in [4.69, 9.17) is 17.0 Å². The Labute approximate surface area is 194 Å². The third-order valence-corrected chi connectivity index (χ3v) is 6.17. The fourth-order valence-electron chi connectivity index (χ4n) is 3.80. The Hall–Kier alpha value is -3.44. The van der Waals surface area contributed by atoms with Gasteiger partial charge in [-0.25, -0.2) is 0 Å². The van der Waals surface area contributed by atoms with Crippen LogP contribution in [0.25, 0.3) is 0 Å². The first-order valence-corrected chi connectivity index (χ1v) is 11.0. The minimum absolute atomic E-state index is 0.0247. The van der Waals surface area contributed by atoms with Crippen molar-refractivity contribution in [3.63, 3.8) is 0 Å². The summed E-state index contributed by atoms with van der Waals surface area (Å²) >= 11 is 5.56. The number of aryl methyl sites for hydroxylation is 1. The molecule has 0 bridgehead atoms. The van der Waals surface area contributed by atoms with Gasteiger partial charge in [0.15, 0.2) is 10.9 Å². The summed E-state index contributed by atoms with van der Waals surface area (Å²) in [6, 6.07) is 25.0. The van der Waals surface area contributed by atoms with E-state index in [0.717, 1.165) is 22.6 Å². The summed E-state index contributed by atoms with van der Waals surface area (Å²) in [5.74, 6) is 0.701. The molecule has 5 heteroatoms. The minimum Gasteiger partial charge on any atom is -0.489 e. The van der Waals surface area contributed by atoms with Crippen LogP contribution in [0.3, 0.4) is 0 Å². The highest BCUT2D eigenvalue weighted by Gasteiger charge is 2.34. The van der Waals surface area contributed by atoms with E-state index in [0.29, 0.717) is 22.9 Å². The Morgan fingerprint density at radius 3 is 2.34 bits per heavy atom. The van der Waals surface area contributed by atoms with E-state index in [9.17, 15) is 4.79 Å². The lowest BCUT2D eigenvalue weighted by molar-refractivity contribution is 0.102. The van der Waals surface area contributed by atoms with Crippen LogP contribution in [0.4, 0.5) is 0 Å². The number of rotatable bonds is 6. The summed E-state index contributed by atoms with van der Waals surface area (Å²) in [6.07, 6.45) is 0. The maximum Gasteiger partial charge on any atom is 0.193 e. The van der Waals surface area contributed by atoms with E-state index in [-0.39, 0.29) is 5.78 Å². The summed E-state index contributed by atoms with van der Waals surface area (Å²) in [7, 11) is 1.87. The van der Waals surface area contributed by atoms with Crippen LogP contribution in [0.2, 0.25) is 0 Å². The zero-order valence-corrected chi connectivity index (χ0v) is 19.3. The Kier molecular flexibility index (Phi) is 6.37. The molecule has 1 aliphatic rings. The summed E-state index contributed by atoms with van der Waals surface area (Å²) in [4.78, 5) is 15.4. The molecule has 4 rings (SSSR count). The summed E-state index contributed by atoms with van der Waals surface area (Å²) in [5, 5.41) is 3.93. The largest absolute Gasteiger partial charge is 0.489 e. The average Bonchev–Trinajstić information content (AvgIpc) is 2.82. The molecule has 4 nitrogen and oxygen atoms in total. The highest BCUT2D eigenvalue weighted by Crippen LogP contribution is 2.36. The second-order valence-corrected chi connectivity index (χ2v) is 8.33. The van der Waals surface area contributed by atoms with Crippen LogP contribution in [0, 0.1) is 6.92 Å². The normalized spacial score (nSPS) is 16.0. The van der Waals surface area contributed by atoms with Gasteiger partial charge in [0.2, 0.25) is 0 Å². The van der Waals surface area contributed by atoms with Gasteiger partial charge in [0.05, 0.1) is 6.04 Å². The average molecular weight is 443 g/mol. The summed E-state index contributed by atoms with van der Waals surface area (Å²) < 4.78 is 6.22. The van der Waals surface area contributed by atoms with Gasteiger partial charge >= 0.3 is 0 Å². The number of nitrogens with one attached hydrogen (secondary N) is 1. The molecule has 1 aliphatic heterocycles. The van der Waals surface area contributed by atoms with Gasteiger partial charge in [-0.2, -0.15) is 0 Å². The number of thiocarbonyl (C=S) groups is 1. The Balaban J connectivity index is 1.71. The third kappa shape index (κ3) is 4.43. The van der Waals surface area contributed by atoms with E-state index in [2.05, 4.69) is 36.5 Å². The molecule has 0 aromatic heterocycles. The Bertz CT molecular complexity index is 1170. The molecule has 0 spiro atoms. The van der Waals surface area contributed by atoms with Crippen LogP contribution in [-0.2, 0) is 6.61 Å². The van der Waals surface area contributed by atoms with Crippen molar-refractivity contribution in [2.45, 2.75) is 26.5 Å². The standard InChI is InChI=1S/C27H26N2O2S/c1-18-13-15-20(16-14-18)17-31-23-12-8-7-11-22(23)25-24(19(2)29(3)27(32)28-25)26(30)21-9-5-4-6-10-21/h4-16,25H,17H2,1-3H3,(H,28,32). The number of benzene rings is 3. The molecule has 0 fully saturated rings. The SMILES string of the molecule is CC1=C(C(=O)c2ccccc2)C(c2ccccc2OCc2ccc(C)cc2)NC(=S)N1C. The molecule has 1 N–H and O–H groups in total. The van der Waals surface area contributed by atoms with Crippen LogP contribution in [0.15, 0.2) is 90.1 Å². The van der Waals surface area contributed by atoms with Crippen LogP contribution in [-0.4, -0.2) is 22.8 Å². The van der Waals surface area contributed by atoms with Gasteiger partial charge < -0.3 is 15.0 Å². The molecule has 3 aromatic rings. The predicted molar refractivity (Wildman–Crippen MR) is 132 cm³/mol. The van der Waals surface area contributed by atoms with Crippen molar-refractivity contribution < 1.29 is 9.53 Å². The number of hydrogen-bond donors (Lipinski definition) is 1. The van der Waals surface area contributed by atoms with E-state index in [1.807, 2.05) is 73.5 Å². The van der Waals surface area contributed by atoms with Crippen LogP contribution < -0.4 is 10.1 Å². The van der Waals surface area contributed by atoms with Gasteiger partial charge in [-0.05, 0) is 37.7 Å². The first-order chi connectivity index (χ1) is 15.5. The molecule has 0 saturated carbocycles. The number of carbonyl (C=O) groups is 1. The second-order valence-electron chi connectivity index (χ2n) is 7.95. The van der Waals surface area contributed by atoms with Crippen LogP contribution in [0.5, 0.6) is 5.75 Å². The van der Waals surface area contributed by atoms with Crippen molar-refractivity contribution in [2.75, 3.05) is 7.05 Å². The molecular formula is C27H26N2O2S. The lowest BCUT2D eigenvalue weighted by Gasteiger charge is -2.36. The topological polar surface area (TPSA) is 41.6 Å². The van der Waals surface area contributed by atoms with Crippen LogP contribution >= 0.6 is 12.2 Å². The number of ether oxygens (including phenoxy) is 1. The molecule has 0 radical (unpaired) electrons. The van der Waals surface area contributed by atoms with Gasteiger partial charge in [-0.15, -0.1) is 0 Å². The Morgan fingerprint density at radius 2 is 1.62 bits per heavy atom. The van der Waals surface area contributed by atoms with Gasteiger partial charge in [0, 0.05) is 29.4 Å². The summed E-state index contributed by atoms with van der Waals surface area (Å²) in [6.45, 7) is 4.44. The van der Waals surface area contributed by atoms with Crippen molar-refractivity contribution in [2.24, 2.45) is 0 Å². The third-order valence-electron chi connectivity index (χ3n) is 5.78. The molecule has 1 heterocycles. The van der Waals surface area contributed by atoms with Crippen LogP contribution in [0.1, 0.15) is 40.0 Å². The molecule has 0 amide bonds. The molecule has 0 aliphatic carbocycles. The lowest BCUT2D eigenvalue weighted by atomic mass is 9.89. The zero-order chi connectivity index (χ0) is 22.7. The molecular weight excluding hydrogens is 416 g/mol. The molecule has 1 atom stereocenters. The van der Waals surface area contributed by atoms with E-state index >= 15 is 0 Å². The van der Waals surface area contributed by atoms with Crippen molar-refractivity contribution >= 4 is 23.1 Å². The maximum absolute atomic E-state index is 13.6. The number of nitrogens with zero attached hydrogens (tertiary/aromatic N) is 1. The van der Waals surface area contributed by atoms with Crippen molar-refractivity contribution in [1.82, 2.24) is 10.2 Å². The second kappa shape index (κ2) is 9.37. The number of Topliss-reactive ketones (excluding diaryl/α,β-unsaturated/α-hetero) is 1. The fraction of sp³-hybridized carbons (Fsp3) is 0.185. The summed E-state index contributed by atoms with van der Waals surface area (Å²) in [5.41, 5.74) is 5.33. The first-order valence-electron chi connectivity index (χ1n) is 10.6. The lowest BCUT2D eigenvalue weighted by Crippen LogP contribution is -2.45. The number of hydrogen-bond acceptors (Lipinski definition) is 3. The molecule has 0 saturated heterocycles. The highest BCUT2D eigenvalue weighted by molar-refractivity contribution is 7.80.